The van der Waals surface area contributed by atoms with E-state index in [1.807, 2.05) is 23.9 Å². The van der Waals surface area contributed by atoms with Crippen LogP contribution in [0.3, 0.4) is 0 Å². The molecule has 96 valence electrons. The van der Waals surface area contributed by atoms with E-state index in [-0.39, 0.29) is 6.54 Å². The Morgan fingerprint density at radius 2 is 2.24 bits per heavy atom. The molecule has 1 heterocycles. The number of hydrogen-bond acceptors (Lipinski definition) is 2. The normalized spacial score (nSPS) is 20.6. The molecule has 0 radical (unpaired) electrons. The number of hydrogen-bond donors (Lipinski definition) is 1. The molecule has 0 aromatic carbocycles. The van der Waals surface area contributed by atoms with E-state index in [0.717, 1.165) is 5.69 Å². The molecule has 1 atom stereocenters. The van der Waals surface area contributed by atoms with Crippen molar-refractivity contribution < 1.29 is 4.39 Å². The SMILES string of the molecule is CCC(F)(CN)Cc1ccn(C2CCCC2)n1. The van der Waals surface area contributed by atoms with Crippen LogP contribution in [0, 0.1) is 0 Å². The number of nitrogens with zero attached hydrogens (tertiary/aromatic N) is 2. The highest BCUT2D eigenvalue weighted by Gasteiger charge is 2.27. The Bertz CT molecular complexity index is 351. The topological polar surface area (TPSA) is 43.8 Å². The van der Waals surface area contributed by atoms with Crippen molar-refractivity contribution in [1.29, 1.82) is 0 Å². The van der Waals surface area contributed by atoms with Gasteiger partial charge in [-0.3, -0.25) is 4.68 Å². The van der Waals surface area contributed by atoms with Crippen LogP contribution in [-0.2, 0) is 6.42 Å². The monoisotopic (exact) mass is 239 g/mol. The van der Waals surface area contributed by atoms with Crippen LogP contribution >= 0.6 is 0 Å². The number of aromatic nitrogens is 2. The van der Waals surface area contributed by atoms with E-state index < -0.39 is 5.67 Å². The van der Waals surface area contributed by atoms with Crippen LogP contribution in [0.4, 0.5) is 4.39 Å². The van der Waals surface area contributed by atoms with Gasteiger partial charge in [0.25, 0.3) is 0 Å². The lowest BCUT2D eigenvalue weighted by Gasteiger charge is -2.20. The fraction of sp³-hybridized carbons (Fsp3) is 0.769. The number of alkyl halides is 1. The maximum absolute atomic E-state index is 14.1. The Balaban J connectivity index is 2.02. The third-order valence-electron chi connectivity index (χ3n) is 3.86. The van der Waals surface area contributed by atoms with Gasteiger partial charge in [0.05, 0.1) is 11.7 Å². The summed E-state index contributed by atoms with van der Waals surface area (Å²) in [4.78, 5) is 0. The first kappa shape index (κ1) is 12.6. The van der Waals surface area contributed by atoms with Gasteiger partial charge in [-0.1, -0.05) is 19.8 Å². The largest absolute Gasteiger partial charge is 0.328 e. The summed E-state index contributed by atoms with van der Waals surface area (Å²) in [6, 6.07) is 2.45. The highest BCUT2D eigenvalue weighted by Crippen LogP contribution is 2.29. The van der Waals surface area contributed by atoms with Crippen molar-refractivity contribution in [2.24, 2.45) is 5.73 Å². The summed E-state index contributed by atoms with van der Waals surface area (Å²) in [5.41, 5.74) is 5.01. The minimum Gasteiger partial charge on any atom is -0.328 e. The van der Waals surface area contributed by atoms with Crippen molar-refractivity contribution >= 4 is 0 Å². The van der Waals surface area contributed by atoms with E-state index in [9.17, 15) is 4.39 Å². The minimum atomic E-state index is -1.30. The molecule has 2 N–H and O–H groups in total. The number of rotatable bonds is 5. The van der Waals surface area contributed by atoms with Crippen LogP contribution in [-0.4, -0.2) is 22.0 Å². The maximum Gasteiger partial charge on any atom is 0.128 e. The van der Waals surface area contributed by atoms with E-state index in [1.165, 1.54) is 25.7 Å². The second-order valence-electron chi connectivity index (χ2n) is 5.11. The Kier molecular flexibility index (Phi) is 3.82. The van der Waals surface area contributed by atoms with Gasteiger partial charge in [0, 0.05) is 19.2 Å². The highest BCUT2D eigenvalue weighted by atomic mass is 19.1. The predicted molar refractivity (Wildman–Crippen MR) is 66.6 cm³/mol. The molecule has 0 bridgehead atoms. The van der Waals surface area contributed by atoms with Crippen LogP contribution in [0.25, 0.3) is 0 Å². The molecule has 1 saturated carbocycles. The third-order valence-corrected chi connectivity index (χ3v) is 3.86. The second-order valence-corrected chi connectivity index (χ2v) is 5.11. The van der Waals surface area contributed by atoms with E-state index in [2.05, 4.69) is 5.10 Å². The molecular weight excluding hydrogens is 217 g/mol. The van der Waals surface area contributed by atoms with Crippen molar-refractivity contribution in [3.63, 3.8) is 0 Å². The van der Waals surface area contributed by atoms with Crippen molar-refractivity contribution in [2.75, 3.05) is 6.54 Å². The van der Waals surface area contributed by atoms with Crippen LogP contribution in [0.5, 0.6) is 0 Å². The summed E-state index contributed by atoms with van der Waals surface area (Å²) < 4.78 is 16.2. The van der Waals surface area contributed by atoms with Crippen LogP contribution in [0.1, 0.15) is 50.8 Å². The molecule has 1 fully saturated rings. The molecule has 17 heavy (non-hydrogen) atoms. The maximum atomic E-state index is 14.1. The van der Waals surface area contributed by atoms with Gasteiger partial charge >= 0.3 is 0 Å². The first-order chi connectivity index (χ1) is 8.17. The molecule has 1 aromatic rings. The van der Waals surface area contributed by atoms with Crippen LogP contribution in [0.2, 0.25) is 0 Å². The van der Waals surface area contributed by atoms with Crippen molar-refractivity contribution in [2.45, 2.75) is 57.2 Å². The van der Waals surface area contributed by atoms with E-state index in [0.29, 0.717) is 18.9 Å². The predicted octanol–water partition coefficient (Wildman–Crippen LogP) is 2.62. The number of nitrogens with two attached hydrogens (primary N) is 1. The minimum absolute atomic E-state index is 0.0692. The highest BCUT2D eigenvalue weighted by molar-refractivity contribution is 5.05. The van der Waals surface area contributed by atoms with Crippen molar-refractivity contribution in [1.82, 2.24) is 9.78 Å². The standard InChI is InChI=1S/C13H22FN3/c1-2-13(14,10-15)9-11-7-8-17(16-11)12-5-3-4-6-12/h7-8,12H,2-6,9-10,15H2,1H3. The molecule has 0 amide bonds. The molecule has 1 unspecified atom stereocenters. The summed E-state index contributed by atoms with van der Waals surface area (Å²) >= 11 is 0. The van der Waals surface area contributed by atoms with Gasteiger partial charge in [0.1, 0.15) is 5.67 Å². The molecule has 0 aliphatic heterocycles. The van der Waals surface area contributed by atoms with Crippen LogP contribution < -0.4 is 5.73 Å². The summed E-state index contributed by atoms with van der Waals surface area (Å²) in [5, 5.41) is 4.49. The molecular formula is C13H22FN3. The van der Waals surface area contributed by atoms with E-state index in [4.69, 9.17) is 5.73 Å². The molecule has 1 aliphatic carbocycles. The zero-order chi connectivity index (χ0) is 12.3. The van der Waals surface area contributed by atoms with E-state index >= 15 is 0 Å². The van der Waals surface area contributed by atoms with Gasteiger partial charge in [-0.05, 0) is 25.3 Å². The molecule has 0 saturated heterocycles. The molecule has 1 aliphatic rings. The van der Waals surface area contributed by atoms with E-state index in [1.54, 1.807) is 0 Å². The Morgan fingerprint density at radius 1 is 1.53 bits per heavy atom. The van der Waals surface area contributed by atoms with Gasteiger partial charge in [-0.15, -0.1) is 0 Å². The van der Waals surface area contributed by atoms with Gasteiger partial charge in [-0.2, -0.15) is 5.10 Å². The third kappa shape index (κ3) is 2.86. The average molecular weight is 239 g/mol. The van der Waals surface area contributed by atoms with Gasteiger partial charge in [0.2, 0.25) is 0 Å². The molecule has 1 aromatic heterocycles. The molecule has 3 nitrogen and oxygen atoms in total. The van der Waals surface area contributed by atoms with Gasteiger partial charge in [0.15, 0.2) is 0 Å². The summed E-state index contributed by atoms with van der Waals surface area (Å²) in [6.45, 7) is 1.90. The average Bonchev–Trinajstić information content (AvgIpc) is 2.98. The quantitative estimate of drug-likeness (QED) is 0.858. The zero-order valence-corrected chi connectivity index (χ0v) is 10.5. The second kappa shape index (κ2) is 5.17. The Morgan fingerprint density at radius 3 is 2.82 bits per heavy atom. The lowest BCUT2D eigenvalue weighted by Crippen LogP contribution is -2.34. The van der Waals surface area contributed by atoms with Crippen LogP contribution in [0.15, 0.2) is 12.3 Å². The van der Waals surface area contributed by atoms with Gasteiger partial charge < -0.3 is 5.73 Å². The lowest BCUT2D eigenvalue weighted by molar-refractivity contribution is 0.165. The summed E-state index contributed by atoms with van der Waals surface area (Å²) in [6.07, 6.45) is 7.73. The smallest absolute Gasteiger partial charge is 0.128 e. The summed E-state index contributed by atoms with van der Waals surface area (Å²) in [5.74, 6) is 0. The fourth-order valence-electron chi connectivity index (χ4n) is 2.51. The molecule has 4 heteroatoms. The first-order valence-corrected chi connectivity index (χ1v) is 6.60. The molecule has 0 spiro atoms. The lowest BCUT2D eigenvalue weighted by atomic mass is 9.97. The first-order valence-electron chi connectivity index (χ1n) is 6.60. The van der Waals surface area contributed by atoms with Gasteiger partial charge in [-0.25, -0.2) is 4.39 Å². The molecule has 2 rings (SSSR count). The Hall–Kier alpha value is -0.900. The van der Waals surface area contributed by atoms with Crippen molar-refractivity contribution in [3.05, 3.63) is 18.0 Å². The summed E-state index contributed by atoms with van der Waals surface area (Å²) in [7, 11) is 0. The fourth-order valence-corrected chi connectivity index (χ4v) is 2.51. The Labute approximate surface area is 102 Å². The zero-order valence-electron chi connectivity index (χ0n) is 10.5. The van der Waals surface area contributed by atoms with Crippen molar-refractivity contribution in [3.8, 4) is 0 Å². The number of halogens is 1.